The standard InChI is InChI=1S/C16H19N5O2S/c1-3-21-10-19-15-12(16(21)23)11(2)13(24-15)14(22)18-5-4-7-20-8-6-17-9-20/h6,8-10H,3-5,7H2,1-2H3,(H,18,22). The van der Waals surface area contributed by atoms with Crippen LogP contribution >= 0.6 is 11.3 Å². The lowest BCUT2D eigenvalue weighted by Gasteiger charge is -2.05. The molecule has 24 heavy (non-hydrogen) atoms. The van der Waals surface area contributed by atoms with Crippen LogP contribution in [0.25, 0.3) is 10.2 Å². The van der Waals surface area contributed by atoms with Gasteiger partial charge in [0.05, 0.1) is 22.9 Å². The van der Waals surface area contributed by atoms with Crippen LogP contribution in [0.3, 0.4) is 0 Å². The monoisotopic (exact) mass is 345 g/mol. The second-order valence-electron chi connectivity index (χ2n) is 5.48. The fourth-order valence-electron chi connectivity index (χ4n) is 2.56. The van der Waals surface area contributed by atoms with E-state index in [0.717, 1.165) is 13.0 Å². The van der Waals surface area contributed by atoms with E-state index in [4.69, 9.17) is 0 Å². The van der Waals surface area contributed by atoms with Crippen molar-refractivity contribution in [1.82, 2.24) is 24.4 Å². The number of hydrogen-bond donors (Lipinski definition) is 1. The molecule has 0 aromatic carbocycles. The van der Waals surface area contributed by atoms with Crippen LogP contribution in [0, 0.1) is 6.92 Å². The molecular formula is C16H19N5O2S. The molecule has 0 saturated heterocycles. The first-order chi connectivity index (χ1) is 11.6. The summed E-state index contributed by atoms with van der Waals surface area (Å²) >= 11 is 1.27. The maximum atomic E-state index is 12.4. The van der Waals surface area contributed by atoms with E-state index in [9.17, 15) is 9.59 Å². The predicted molar refractivity (Wildman–Crippen MR) is 93.5 cm³/mol. The van der Waals surface area contributed by atoms with E-state index in [1.54, 1.807) is 17.1 Å². The number of nitrogens with zero attached hydrogens (tertiary/aromatic N) is 4. The van der Waals surface area contributed by atoms with Crippen molar-refractivity contribution < 1.29 is 4.79 Å². The van der Waals surface area contributed by atoms with E-state index in [-0.39, 0.29) is 11.5 Å². The highest BCUT2D eigenvalue weighted by Gasteiger charge is 2.18. The Balaban J connectivity index is 1.72. The van der Waals surface area contributed by atoms with Crippen LogP contribution in [0.15, 0.2) is 29.8 Å². The van der Waals surface area contributed by atoms with Gasteiger partial charge in [-0.2, -0.15) is 0 Å². The second kappa shape index (κ2) is 6.96. The van der Waals surface area contributed by atoms with Gasteiger partial charge in [-0.15, -0.1) is 11.3 Å². The third kappa shape index (κ3) is 3.09. The van der Waals surface area contributed by atoms with Crippen LogP contribution in [0.1, 0.15) is 28.6 Å². The summed E-state index contributed by atoms with van der Waals surface area (Å²) in [6.45, 7) is 5.63. The summed E-state index contributed by atoms with van der Waals surface area (Å²) < 4.78 is 3.52. The van der Waals surface area contributed by atoms with Crippen LogP contribution in [0.5, 0.6) is 0 Å². The maximum Gasteiger partial charge on any atom is 0.262 e. The van der Waals surface area contributed by atoms with Crippen molar-refractivity contribution in [3.63, 3.8) is 0 Å². The van der Waals surface area contributed by atoms with Gasteiger partial charge in [-0.25, -0.2) is 9.97 Å². The van der Waals surface area contributed by atoms with Crippen molar-refractivity contribution in [1.29, 1.82) is 0 Å². The molecule has 8 heteroatoms. The topological polar surface area (TPSA) is 81.8 Å². The lowest BCUT2D eigenvalue weighted by atomic mass is 10.2. The Bertz CT molecular complexity index is 911. The molecule has 3 aromatic heterocycles. The summed E-state index contributed by atoms with van der Waals surface area (Å²) in [6, 6.07) is 0. The Hall–Kier alpha value is -2.48. The summed E-state index contributed by atoms with van der Waals surface area (Å²) in [5.41, 5.74) is 0.623. The van der Waals surface area contributed by atoms with Gasteiger partial charge in [-0.3, -0.25) is 14.2 Å². The lowest BCUT2D eigenvalue weighted by molar-refractivity contribution is 0.0956. The van der Waals surface area contributed by atoms with Gasteiger partial charge in [0, 0.05) is 32.0 Å². The Morgan fingerprint density at radius 1 is 1.38 bits per heavy atom. The largest absolute Gasteiger partial charge is 0.351 e. The lowest BCUT2D eigenvalue weighted by Crippen LogP contribution is -2.25. The number of thiophene rings is 1. The minimum atomic E-state index is -0.149. The van der Waals surface area contributed by atoms with Gasteiger partial charge in [0.2, 0.25) is 0 Å². The first-order valence-corrected chi connectivity index (χ1v) is 8.66. The molecule has 0 aliphatic rings. The van der Waals surface area contributed by atoms with Crippen LogP contribution in [0.4, 0.5) is 0 Å². The number of rotatable bonds is 6. The van der Waals surface area contributed by atoms with E-state index in [0.29, 0.717) is 33.7 Å². The third-order valence-electron chi connectivity index (χ3n) is 3.90. The van der Waals surface area contributed by atoms with Gasteiger partial charge in [0.15, 0.2) is 0 Å². The molecule has 0 spiro atoms. The summed E-state index contributed by atoms with van der Waals surface area (Å²) in [5, 5.41) is 3.46. The Morgan fingerprint density at radius 3 is 2.92 bits per heavy atom. The number of carbonyl (C=O) groups excluding carboxylic acids is 1. The van der Waals surface area contributed by atoms with Crippen molar-refractivity contribution in [3.05, 3.63) is 45.8 Å². The summed E-state index contributed by atoms with van der Waals surface area (Å²) in [6.07, 6.45) is 7.72. The predicted octanol–water partition coefficient (Wildman–Crippen LogP) is 1.80. The van der Waals surface area contributed by atoms with E-state index in [2.05, 4.69) is 15.3 Å². The van der Waals surface area contributed by atoms with Gasteiger partial charge < -0.3 is 9.88 Å². The maximum absolute atomic E-state index is 12.4. The average molecular weight is 345 g/mol. The van der Waals surface area contributed by atoms with E-state index in [1.165, 1.54) is 17.7 Å². The van der Waals surface area contributed by atoms with Crippen LogP contribution in [-0.2, 0) is 13.1 Å². The molecule has 0 radical (unpaired) electrons. The van der Waals surface area contributed by atoms with Crippen LogP contribution in [-0.4, -0.2) is 31.6 Å². The molecule has 7 nitrogen and oxygen atoms in total. The van der Waals surface area contributed by atoms with Gasteiger partial charge in [-0.05, 0) is 25.8 Å². The quantitative estimate of drug-likeness (QED) is 0.691. The number of hydrogen-bond acceptors (Lipinski definition) is 5. The first kappa shape index (κ1) is 16.4. The van der Waals surface area contributed by atoms with Crippen molar-refractivity contribution in [3.8, 4) is 0 Å². The van der Waals surface area contributed by atoms with Crippen molar-refractivity contribution in [2.75, 3.05) is 6.54 Å². The van der Waals surface area contributed by atoms with Crippen molar-refractivity contribution >= 4 is 27.5 Å². The molecule has 0 bridgehead atoms. The zero-order valence-electron chi connectivity index (χ0n) is 13.7. The minimum absolute atomic E-state index is 0.0876. The number of imidazole rings is 1. The Labute approximate surface area is 143 Å². The van der Waals surface area contributed by atoms with E-state index in [1.807, 2.05) is 24.6 Å². The number of amides is 1. The molecule has 0 unspecified atom stereocenters. The first-order valence-electron chi connectivity index (χ1n) is 7.84. The number of aryl methyl sites for hydroxylation is 3. The van der Waals surface area contributed by atoms with Crippen LogP contribution in [0.2, 0.25) is 0 Å². The zero-order valence-corrected chi connectivity index (χ0v) is 14.5. The Kier molecular flexibility index (Phi) is 4.75. The fourth-order valence-corrected chi connectivity index (χ4v) is 3.62. The molecule has 0 saturated carbocycles. The molecule has 3 heterocycles. The fraction of sp³-hybridized carbons (Fsp3) is 0.375. The second-order valence-corrected chi connectivity index (χ2v) is 6.48. The average Bonchev–Trinajstić information content (AvgIpc) is 3.20. The molecule has 3 aromatic rings. The number of nitrogens with one attached hydrogen (secondary N) is 1. The number of aromatic nitrogens is 4. The molecule has 0 atom stereocenters. The highest BCUT2D eigenvalue weighted by molar-refractivity contribution is 7.20. The molecule has 126 valence electrons. The minimum Gasteiger partial charge on any atom is -0.351 e. The van der Waals surface area contributed by atoms with E-state index >= 15 is 0 Å². The van der Waals surface area contributed by atoms with Gasteiger partial charge in [-0.1, -0.05) is 0 Å². The molecule has 1 amide bonds. The molecule has 1 N–H and O–H groups in total. The van der Waals surface area contributed by atoms with Crippen molar-refractivity contribution in [2.45, 2.75) is 33.4 Å². The van der Waals surface area contributed by atoms with Gasteiger partial charge in [0.1, 0.15) is 4.83 Å². The van der Waals surface area contributed by atoms with Gasteiger partial charge >= 0.3 is 0 Å². The molecular weight excluding hydrogens is 326 g/mol. The Morgan fingerprint density at radius 2 is 2.21 bits per heavy atom. The zero-order chi connectivity index (χ0) is 17.1. The number of fused-ring (bicyclic) bond motifs is 1. The van der Waals surface area contributed by atoms with Crippen molar-refractivity contribution in [2.24, 2.45) is 0 Å². The van der Waals surface area contributed by atoms with Gasteiger partial charge in [0.25, 0.3) is 11.5 Å². The third-order valence-corrected chi connectivity index (χ3v) is 5.10. The highest BCUT2D eigenvalue weighted by Crippen LogP contribution is 2.26. The SMILES string of the molecule is CCn1cnc2sc(C(=O)NCCCn3ccnc3)c(C)c2c1=O. The summed E-state index contributed by atoms with van der Waals surface area (Å²) in [4.78, 5) is 34.3. The molecule has 0 fully saturated rings. The summed E-state index contributed by atoms with van der Waals surface area (Å²) in [7, 11) is 0. The molecule has 3 rings (SSSR count). The number of carbonyl (C=O) groups is 1. The summed E-state index contributed by atoms with van der Waals surface area (Å²) in [5.74, 6) is -0.149. The smallest absolute Gasteiger partial charge is 0.262 e. The molecule has 0 aliphatic carbocycles. The normalized spacial score (nSPS) is 11.1. The van der Waals surface area contributed by atoms with E-state index < -0.39 is 0 Å². The molecule has 0 aliphatic heterocycles. The van der Waals surface area contributed by atoms with Crippen LogP contribution < -0.4 is 10.9 Å². The highest BCUT2D eigenvalue weighted by atomic mass is 32.1.